The maximum atomic E-state index is 12.4. The molecule has 0 heterocycles. The van der Waals surface area contributed by atoms with Crippen LogP contribution in [0.15, 0.2) is 66.7 Å². The summed E-state index contributed by atoms with van der Waals surface area (Å²) in [7, 11) is 6.16. The van der Waals surface area contributed by atoms with Gasteiger partial charge in [0.05, 0.1) is 34.0 Å². The lowest BCUT2D eigenvalue weighted by atomic mass is 10.0. The van der Waals surface area contributed by atoms with E-state index in [-0.39, 0.29) is 6.61 Å². The number of aliphatic hydroxyl groups excluding tert-OH is 1. The summed E-state index contributed by atoms with van der Waals surface area (Å²) >= 11 is 0. The van der Waals surface area contributed by atoms with Gasteiger partial charge in [-0.05, 0) is 47.5 Å². The Bertz CT molecular complexity index is 1170. The molecule has 3 aromatic carbocycles. The van der Waals surface area contributed by atoms with Gasteiger partial charge in [0, 0.05) is 24.7 Å². The number of aliphatic hydroxyl groups is 1. The second-order valence-electron chi connectivity index (χ2n) is 8.12. The molecular formula is C29H33NO7. The molecule has 0 aliphatic heterocycles. The number of hydrogen-bond donors (Lipinski definition) is 2. The Balaban J connectivity index is 1.54. The van der Waals surface area contributed by atoms with Gasteiger partial charge in [-0.25, -0.2) is 4.79 Å². The number of esters is 1. The van der Waals surface area contributed by atoms with Crippen LogP contribution in [0.25, 0.3) is 11.6 Å². The fourth-order valence-corrected chi connectivity index (χ4v) is 3.59. The van der Waals surface area contributed by atoms with Gasteiger partial charge in [-0.1, -0.05) is 30.3 Å². The average molecular weight is 508 g/mol. The molecule has 8 heteroatoms. The van der Waals surface area contributed by atoms with Gasteiger partial charge in [0.1, 0.15) is 35.7 Å². The highest BCUT2D eigenvalue weighted by Crippen LogP contribution is 2.25. The Morgan fingerprint density at radius 2 is 1.51 bits per heavy atom. The van der Waals surface area contributed by atoms with Crippen molar-refractivity contribution in [3.05, 3.63) is 83.4 Å². The molecule has 0 bridgehead atoms. The van der Waals surface area contributed by atoms with Crippen LogP contribution in [0.5, 0.6) is 23.0 Å². The summed E-state index contributed by atoms with van der Waals surface area (Å²) in [6.45, 7) is 1.00. The standard InChI is InChI=1S/C29H33NO7/c1-33-24-12-7-21(8-13-24)27(29(32)36-4)15-20-5-10-25(11-6-20)37-19-23(31)18-30-17-22-9-14-26(34-2)16-28(22)35-3/h5-16,23,30-31H,17-19H2,1-4H3/b27-15+. The van der Waals surface area contributed by atoms with Gasteiger partial charge in [-0.2, -0.15) is 0 Å². The molecule has 1 atom stereocenters. The number of ether oxygens (including phenoxy) is 5. The Morgan fingerprint density at radius 1 is 0.865 bits per heavy atom. The maximum absolute atomic E-state index is 12.4. The minimum absolute atomic E-state index is 0.126. The van der Waals surface area contributed by atoms with E-state index in [2.05, 4.69) is 5.32 Å². The molecule has 0 fully saturated rings. The van der Waals surface area contributed by atoms with E-state index in [9.17, 15) is 9.90 Å². The van der Waals surface area contributed by atoms with Gasteiger partial charge >= 0.3 is 5.97 Å². The van der Waals surface area contributed by atoms with E-state index < -0.39 is 12.1 Å². The second-order valence-corrected chi connectivity index (χ2v) is 8.12. The highest BCUT2D eigenvalue weighted by Gasteiger charge is 2.13. The molecule has 8 nitrogen and oxygen atoms in total. The lowest BCUT2D eigenvalue weighted by molar-refractivity contribution is -0.133. The summed E-state index contributed by atoms with van der Waals surface area (Å²) in [5, 5.41) is 13.5. The molecule has 0 aromatic heterocycles. The predicted molar refractivity (Wildman–Crippen MR) is 142 cm³/mol. The first-order valence-corrected chi connectivity index (χ1v) is 11.7. The van der Waals surface area contributed by atoms with Gasteiger partial charge in [0.25, 0.3) is 0 Å². The summed E-state index contributed by atoms with van der Waals surface area (Å²) in [6, 6.07) is 20.0. The molecule has 3 rings (SSSR count). The van der Waals surface area contributed by atoms with Gasteiger partial charge in [-0.15, -0.1) is 0 Å². The summed E-state index contributed by atoms with van der Waals surface area (Å²) in [5.41, 5.74) is 2.91. The van der Waals surface area contributed by atoms with Crippen LogP contribution >= 0.6 is 0 Å². The van der Waals surface area contributed by atoms with Crippen LogP contribution in [0.3, 0.4) is 0 Å². The SMILES string of the molecule is COC(=O)/C(=C/c1ccc(OCC(O)CNCc2ccc(OC)cc2OC)cc1)c1ccc(OC)cc1. The lowest BCUT2D eigenvalue weighted by Gasteiger charge is -2.15. The van der Waals surface area contributed by atoms with Crippen LogP contribution in [0, 0.1) is 0 Å². The van der Waals surface area contributed by atoms with Crippen molar-refractivity contribution in [1.29, 1.82) is 0 Å². The first-order chi connectivity index (χ1) is 18.0. The highest BCUT2D eigenvalue weighted by atomic mass is 16.5. The van der Waals surface area contributed by atoms with Crippen LogP contribution in [0.1, 0.15) is 16.7 Å². The van der Waals surface area contributed by atoms with Gasteiger partial charge in [-0.3, -0.25) is 0 Å². The smallest absolute Gasteiger partial charge is 0.338 e. The largest absolute Gasteiger partial charge is 0.497 e. The minimum Gasteiger partial charge on any atom is -0.497 e. The van der Waals surface area contributed by atoms with E-state index in [4.69, 9.17) is 23.7 Å². The number of carbonyl (C=O) groups is 1. The molecule has 0 aliphatic rings. The molecule has 0 radical (unpaired) electrons. The molecule has 0 spiro atoms. The van der Waals surface area contributed by atoms with E-state index in [1.165, 1.54) is 7.11 Å². The number of benzene rings is 3. The Kier molecular flexibility index (Phi) is 10.4. The zero-order valence-electron chi connectivity index (χ0n) is 21.5. The Hall–Kier alpha value is -4.01. The molecule has 0 saturated heterocycles. The number of nitrogens with one attached hydrogen (secondary N) is 1. The third kappa shape index (κ3) is 7.99. The quantitative estimate of drug-likeness (QED) is 0.204. The molecular weight excluding hydrogens is 474 g/mol. The van der Waals surface area contributed by atoms with Crippen molar-refractivity contribution in [2.24, 2.45) is 0 Å². The summed E-state index contributed by atoms with van der Waals surface area (Å²) in [4.78, 5) is 12.4. The zero-order valence-corrected chi connectivity index (χ0v) is 21.5. The predicted octanol–water partition coefficient (Wildman–Crippen LogP) is 3.96. The lowest BCUT2D eigenvalue weighted by Crippen LogP contribution is -2.31. The van der Waals surface area contributed by atoms with E-state index in [0.717, 1.165) is 22.4 Å². The first kappa shape index (κ1) is 27.6. The number of methoxy groups -OCH3 is 4. The van der Waals surface area contributed by atoms with E-state index >= 15 is 0 Å². The van der Waals surface area contributed by atoms with Crippen LogP contribution in [-0.4, -0.2) is 58.8 Å². The highest BCUT2D eigenvalue weighted by molar-refractivity contribution is 6.21. The molecule has 196 valence electrons. The van der Waals surface area contributed by atoms with Crippen LogP contribution < -0.4 is 24.3 Å². The summed E-state index contributed by atoms with van der Waals surface area (Å²) in [6.07, 6.45) is 1.05. The van der Waals surface area contributed by atoms with Gasteiger partial charge in [0.2, 0.25) is 0 Å². The number of carbonyl (C=O) groups excluding carboxylic acids is 1. The third-order valence-electron chi connectivity index (χ3n) is 5.63. The third-order valence-corrected chi connectivity index (χ3v) is 5.63. The molecule has 0 amide bonds. The monoisotopic (exact) mass is 507 g/mol. The molecule has 1 unspecified atom stereocenters. The topological polar surface area (TPSA) is 95.5 Å². The Morgan fingerprint density at radius 3 is 2.14 bits per heavy atom. The van der Waals surface area contributed by atoms with Crippen molar-refractivity contribution in [2.75, 3.05) is 41.6 Å². The Labute approximate surface area is 217 Å². The molecule has 0 aliphatic carbocycles. The molecule has 2 N–H and O–H groups in total. The molecule has 3 aromatic rings. The number of hydrogen-bond acceptors (Lipinski definition) is 8. The molecule has 0 saturated carbocycles. The van der Waals surface area contributed by atoms with Crippen LogP contribution in [0.2, 0.25) is 0 Å². The summed E-state index contributed by atoms with van der Waals surface area (Å²) in [5.74, 6) is 2.31. The summed E-state index contributed by atoms with van der Waals surface area (Å²) < 4.78 is 26.5. The first-order valence-electron chi connectivity index (χ1n) is 11.7. The van der Waals surface area contributed by atoms with E-state index in [1.54, 1.807) is 63.8 Å². The van der Waals surface area contributed by atoms with Crippen molar-refractivity contribution in [2.45, 2.75) is 12.6 Å². The second kappa shape index (κ2) is 13.9. The normalized spacial score (nSPS) is 12.0. The fourth-order valence-electron chi connectivity index (χ4n) is 3.59. The van der Waals surface area contributed by atoms with Crippen molar-refractivity contribution in [3.8, 4) is 23.0 Å². The van der Waals surface area contributed by atoms with Crippen molar-refractivity contribution in [1.82, 2.24) is 5.32 Å². The van der Waals surface area contributed by atoms with Crippen molar-refractivity contribution >= 4 is 17.6 Å². The van der Waals surface area contributed by atoms with Crippen molar-refractivity contribution < 1.29 is 33.6 Å². The zero-order chi connectivity index (χ0) is 26.6. The number of rotatable bonds is 13. The van der Waals surface area contributed by atoms with Crippen LogP contribution in [0.4, 0.5) is 0 Å². The van der Waals surface area contributed by atoms with Crippen LogP contribution in [-0.2, 0) is 16.1 Å². The fraction of sp³-hybridized carbons (Fsp3) is 0.276. The van der Waals surface area contributed by atoms with Gasteiger partial charge < -0.3 is 34.1 Å². The van der Waals surface area contributed by atoms with Gasteiger partial charge in [0.15, 0.2) is 0 Å². The molecule has 37 heavy (non-hydrogen) atoms. The van der Waals surface area contributed by atoms with E-state index in [0.29, 0.717) is 35.9 Å². The maximum Gasteiger partial charge on any atom is 0.338 e. The minimum atomic E-state index is -0.704. The van der Waals surface area contributed by atoms with Crippen molar-refractivity contribution in [3.63, 3.8) is 0 Å². The van der Waals surface area contributed by atoms with E-state index in [1.807, 2.05) is 30.3 Å². The average Bonchev–Trinajstić information content (AvgIpc) is 2.95.